The largest absolute Gasteiger partial charge is 0.497 e. The highest BCUT2D eigenvalue weighted by Gasteiger charge is 2.18. The zero-order valence-electron chi connectivity index (χ0n) is 18.0. The fraction of sp³-hybridized carbons (Fsp3) is 0.0741. The van der Waals surface area contributed by atoms with Gasteiger partial charge in [0.15, 0.2) is 5.69 Å². The van der Waals surface area contributed by atoms with E-state index in [2.05, 4.69) is 28.4 Å². The van der Waals surface area contributed by atoms with Crippen LogP contribution in [0.2, 0.25) is 0 Å². The third kappa shape index (κ3) is 3.83. The maximum atomic E-state index is 12.5. The van der Waals surface area contributed by atoms with Crippen molar-refractivity contribution in [3.63, 3.8) is 0 Å². The average molecular weight is 435 g/mol. The molecule has 4 aromatic carbocycles. The van der Waals surface area contributed by atoms with Crippen LogP contribution in [0, 0.1) is 0 Å². The Kier molecular flexibility index (Phi) is 5.32. The van der Waals surface area contributed by atoms with Gasteiger partial charge in [0, 0.05) is 10.9 Å². The van der Waals surface area contributed by atoms with Gasteiger partial charge in [-0.05, 0) is 46.7 Å². The fourth-order valence-corrected chi connectivity index (χ4v) is 4.02. The normalized spacial score (nSPS) is 11.4. The third-order valence-corrected chi connectivity index (χ3v) is 5.70. The van der Waals surface area contributed by atoms with E-state index < -0.39 is 5.91 Å². The van der Waals surface area contributed by atoms with E-state index in [0.717, 1.165) is 27.2 Å². The number of carbonyl (C=O) groups excluding carboxylic acids is 1. The Morgan fingerprint density at radius 2 is 1.58 bits per heavy atom. The Balaban J connectivity index is 1.53. The summed E-state index contributed by atoms with van der Waals surface area (Å²) in [6.07, 6.45) is 0. The van der Waals surface area contributed by atoms with Gasteiger partial charge >= 0.3 is 0 Å². The molecule has 0 atom stereocenters. The van der Waals surface area contributed by atoms with E-state index in [4.69, 9.17) is 4.74 Å². The highest BCUT2D eigenvalue weighted by molar-refractivity contribution is 5.97. The van der Waals surface area contributed by atoms with Crippen molar-refractivity contribution in [3.05, 3.63) is 102 Å². The topological polar surface area (TPSA) is 76.2 Å². The zero-order valence-corrected chi connectivity index (χ0v) is 18.0. The number of azo groups is 1. The van der Waals surface area contributed by atoms with Gasteiger partial charge in [-0.2, -0.15) is 0 Å². The van der Waals surface area contributed by atoms with E-state index in [-0.39, 0.29) is 11.6 Å². The number of methoxy groups -OCH3 is 1. The molecule has 162 valence electrons. The molecular weight excluding hydrogens is 414 g/mol. The summed E-state index contributed by atoms with van der Waals surface area (Å²) in [5, 5.41) is 22.1. The van der Waals surface area contributed by atoms with Crippen molar-refractivity contribution in [2.45, 2.75) is 6.54 Å². The number of hydrogen-bond acceptors (Lipinski definition) is 4. The first kappa shape index (κ1) is 20.5. The van der Waals surface area contributed by atoms with Gasteiger partial charge in [0.1, 0.15) is 5.75 Å². The molecular formula is C27H21N3O3. The molecule has 1 N–H and O–H groups in total. The molecule has 33 heavy (non-hydrogen) atoms. The van der Waals surface area contributed by atoms with Crippen molar-refractivity contribution >= 4 is 33.3 Å². The lowest BCUT2D eigenvalue weighted by molar-refractivity contribution is 0.0995. The number of rotatable bonds is 5. The molecule has 1 heterocycles. The number of fused-ring (bicyclic) bond motifs is 2. The van der Waals surface area contributed by atoms with Crippen LogP contribution in [0.3, 0.4) is 0 Å². The molecule has 0 unspecified atom stereocenters. The molecule has 0 aliphatic rings. The highest BCUT2D eigenvalue weighted by Crippen LogP contribution is 2.39. The summed E-state index contributed by atoms with van der Waals surface area (Å²) in [6, 6.07) is 28.5. The molecule has 0 saturated carbocycles. The fourth-order valence-electron chi connectivity index (χ4n) is 4.02. The predicted molar refractivity (Wildman–Crippen MR) is 128 cm³/mol. The number of nitrogens with zero attached hydrogens (tertiary/aromatic N) is 3. The van der Waals surface area contributed by atoms with Crippen LogP contribution in [-0.4, -0.2) is 22.7 Å². The Morgan fingerprint density at radius 3 is 2.36 bits per heavy atom. The van der Waals surface area contributed by atoms with Crippen LogP contribution >= 0.6 is 0 Å². The van der Waals surface area contributed by atoms with Gasteiger partial charge in [0.25, 0.3) is 5.91 Å². The van der Waals surface area contributed by atoms with Gasteiger partial charge in [0.05, 0.1) is 19.2 Å². The second-order valence-electron chi connectivity index (χ2n) is 7.65. The van der Waals surface area contributed by atoms with Crippen molar-refractivity contribution in [1.82, 2.24) is 4.57 Å². The van der Waals surface area contributed by atoms with E-state index in [0.29, 0.717) is 17.9 Å². The van der Waals surface area contributed by atoms with Gasteiger partial charge in [-0.3, -0.25) is 4.79 Å². The van der Waals surface area contributed by atoms with Crippen LogP contribution in [0.1, 0.15) is 15.9 Å². The number of para-hydroxylation sites is 1. The van der Waals surface area contributed by atoms with Crippen molar-refractivity contribution in [1.29, 1.82) is 0 Å². The summed E-state index contributed by atoms with van der Waals surface area (Å²) in [5.41, 5.74) is 2.54. The summed E-state index contributed by atoms with van der Waals surface area (Å²) >= 11 is 0. The molecule has 0 aliphatic carbocycles. The van der Waals surface area contributed by atoms with E-state index in [1.165, 1.54) is 0 Å². The van der Waals surface area contributed by atoms with Crippen molar-refractivity contribution < 1.29 is 14.6 Å². The average Bonchev–Trinajstić information content (AvgIpc) is 3.13. The standard InChI is InChI=1S/C27H21N3O3/c1-33-21-15-13-19(14-16-21)26(31)29-28-25-23-11-4-5-12-24(23)30(27(25)32)17-20-9-6-8-18-7-2-3-10-22(18)20/h2-16,32H,17H2,1H3. The smallest absolute Gasteiger partial charge is 0.295 e. The number of benzene rings is 4. The first-order chi connectivity index (χ1) is 16.2. The maximum Gasteiger partial charge on any atom is 0.295 e. The summed E-state index contributed by atoms with van der Waals surface area (Å²) in [5.74, 6) is 0.121. The molecule has 0 spiro atoms. The van der Waals surface area contributed by atoms with Gasteiger partial charge in [-0.15, -0.1) is 10.2 Å². The van der Waals surface area contributed by atoms with Crippen molar-refractivity contribution in [2.24, 2.45) is 10.2 Å². The van der Waals surface area contributed by atoms with Crippen LogP contribution < -0.4 is 4.74 Å². The zero-order chi connectivity index (χ0) is 22.8. The molecule has 5 rings (SSSR count). The molecule has 6 nitrogen and oxygen atoms in total. The molecule has 1 amide bonds. The molecule has 1 aromatic heterocycles. The third-order valence-electron chi connectivity index (χ3n) is 5.70. The van der Waals surface area contributed by atoms with Gasteiger partial charge in [-0.25, -0.2) is 0 Å². The van der Waals surface area contributed by atoms with Crippen molar-refractivity contribution in [3.8, 4) is 11.6 Å². The first-order valence-corrected chi connectivity index (χ1v) is 10.5. The van der Waals surface area contributed by atoms with Crippen LogP contribution in [-0.2, 0) is 6.54 Å². The lowest BCUT2D eigenvalue weighted by atomic mass is 10.0. The Bertz CT molecular complexity index is 1500. The summed E-state index contributed by atoms with van der Waals surface area (Å²) < 4.78 is 6.91. The Labute approximate surface area is 190 Å². The molecule has 0 fully saturated rings. The Hall–Kier alpha value is -4.45. The quantitative estimate of drug-likeness (QED) is 0.321. The van der Waals surface area contributed by atoms with E-state index in [1.54, 1.807) is 35.9 Å². The maximum absolute atomic E-state index is 12.5. The van der Waals surface area contributed by atoms with E-state index in [9.17, 15) is 9.90 Å². The summed E-state index contributed by atoms with van der Waals surface area (Å²) in [6.45, 7) is 0.454. The molecule has 6 heteroatoms. The van der Waals surface area contributed by atoms with E-state index in [1.807, 2.05) is 48.5 Å². The summed E-state index contributed by atoms with van der Waals surface area (Å²) in [4.78, 5) is 12.5. The van der Waals surface area contributed by atoms with Crippen LogP contribution in [0.15, 0.2) is 101 Å². The number of carbonyl (C=O) groups is 1. The number of aromatic nitrogens is 1. The Morgan fingerprint density at radius 1 is 0.879 bits per heavy atom. The van der Waals surface area contributed by atoms with Crippen LogP contribution in [0.25, 0.3) is 21.7 Å². The molecule has 0 aliphatic heterocycles. The second-order valence-corrected chi connectivity index (χ2v) is 7.65. The number of amides is 1. The number of aromatic hydroxyl groups is 1. The van der Waals surface area contributed by atoms with Gasteiger partial charge in [-0.1, -0.05) is 60.7 Å². The predicted octanol–water partition coefficient (Wildman–Crippen LogP) is 6.48. The van der Waals surface area contributed by atoms with Crippen LogP contribution in [0.5, 0.6) is 11.6 Å². The van der Waals surface area contributed by atoms with Crippen LogP contribution in [0.4, 0.5) is 5.69 Å². The number of ether oxygens (including phenoxy) is 1. The monoisotopic (exact) mass is 435 g/mol. The molecule has 0 bridgehead atoms. The van der Waals surface area contributed by atoms with Crippen molar-refractivity contribution in [2.75, 3.05) is 7.11 Å². The highest BCUT2D eigenvalue weighted by atomic mass is 16.5. The van der Waals surface area contributed by atoms with E-state index >= 15 is 0 Å². The minimum Gasteiger partial charge on any atom is -0.497 e. The van der Waals surface area contributed by atoms with Gasteiger partial charge in [0.2, 0.25) is 5.88 Å². The van der Waals surface area contributed by atoms with Gasteiger partial charge < -0.3 is 14.4 Å². The SMILES string of the molecule is COc1ccc(C(=O)N=Nc2c(O)n(Cc3cccc4ccccc34)c3ccccc23)cc1. The lowest BCUT2D eigenvalue weighted by Crippen LogP contribution is -1.99. The first-order valence-electron chi connectivity index (χ1n) is 10.5. The number of hydrogen-bond donors (Lipinski definition) is 1. The minimum absolute atomic E-state index is 0.0320. The molecule has 5 aromatic rings. The second kappa shape index (κ2) is 8.59. The lowest BCUT2D eigenvalue weighted by Gasteiger charge is -2.10. The molecule has 0 radical (unpaired) electrons. The minimum atomic E-state index is -0.497. The summed E-state index contributed by atoms with van der Waals surface area (Å²) in [7, 11) is 1.56. The molecule has 0 saturated heterocycles.